The zero-order valence-corrected chi connectivity index (χ0v) is 22.6. The van der Waals surface area contributed by atoms with Gasteiger partial charge in [-0.2, -0.15) is 4.98 Å². The number of aryl methyl sites for hydroxylation is 1. The SMILES string of the molecule is Cc1ccc(-c2nc(-c3ccc(CC(CC(=O)N4CCN(c5ccc(Cl)cc5)CC4)C(=O)O)cc3F)no2)cc1. The van der Waals surface area contributed by atoms with Gasteiger partial charge >= 0.3 is 5.97 Å². The van der Waals surface area contributed by atoms with Crippen LogP contribution in [0, 0.1) is 18.7 Å². The van der Waals surface area contributed by atoms with E-state index in [1.54, 1.807) is 11.0 Å². The largest absolute Gasteiger partial charge is 0.481 e. The molecule has 1 aromatic heterocycles. The maximum Gasteiger partial charge on any atom is 0.307 e. The van der Waals surface area contributed by atoms with Gasteiger partial charge in [-0.25, -0.2) is 4.39 Å². The van der Waals surface area contributed by atoms with Crippen molar-refractivity contribution in [1.82, 2.24) is 15.0 Å². The second kappa shape index (κ2) is 11.9. The van der Waals surface area contributed by atoms with E-state index in [0.29, 0.717) is 36.8 Å². The summed E-state index contributed by atoms with van der Waals surface area (Å²) in [6, 6.07) is 19.5. The summed E-state index contributed by atoms with van der Waals surface area (Å²) in [6.07, 6.45) is -0.145. The Morgan fingerprint density at radius 1 is 1.02 bits per heavy atom. The van der Waals surface area contributed by atoms with Crippen molar-refractivity contribution < 1.29 is 23.6 Å². The van der Waals surface area contributed by atoms with Gasteiger partial charge in [-0.1, -0.05) is 40.5 Å². The third kappa shape index (κ3) is 6.31. The van der Waals surface area contributed by atoms with Gasteiger partial charge in [0.05, 0.1) is 11.5 Å². The first kappa shape index (κ1) is 27.3. The lowest BCUT2D eigenvalue weighted by molar-refractivity contribution is -0.146. The maximum atomic E-state index is 15.0. The van der Waals surface area contributed by atoms with Crippen LogP contribution in [0.15, 0.2) is 71.3 Å². The molecule has 1 aliphatic heterocycles. The van der Waals surface area contributed by atoms with Crippen LogP contribution in [0.4, 0.5) is 10.1 Å². The Morgan fingerprint density at radius 2 is 1.73 bits per heavy atom. The van der Waals surface area contributed by atoms with Crippen LogP contribution >= 0.6 is 11.6 Å². The van der Waals surface area contributed by atoms with E-state index in [-0.39, 0.29) is 36.0 Å². The Labute approximate surface area is 236 Å². The Kier molecular flexibility index (Phi) is 8.11. The van der Waals surface area contributed by atoms with Gasteiger partial charge in [-0.05, 0) is 67.4 Å². The van der Waals surface area contributed by atoms with Crippen molar-refractivity contribution >= 4 is 29.2 Å². The molecule has 1 saturated heterocycles. The number of aliphatic carboxylic acids is 1. The van der Waals surface area contributed by atoms with Crippen molar-refractivity contribution in [1.29, 1.82) is 0 Å². The van der Waals surface area contributed by atoms with E-state index in [0.717, 1.165) is 16.8 Å². The molecule has 0 bridgehead atoms. The molecule has 1 N–H and O–H groups in total. The third-order valence-corrected chi connectivity index (χ3v) is 7.33. The molecule has 1 unspecified atom stereocenters. The Hall–Kier alpha value is -4.24. The highest BCUT2D eigenvalue weighted by Crippen LogP contribution is 2.27. The first-order valence-corrected chi connectivity index (χ1v) is 13.4. The fourth-order valence-corrected chi connectivity index (χ4v) is 4.88. The minimum Gasteiger partial charge on any atom is -0.481 e. The highest BCUT2D eigenvalue weighted by molar-refractivity contribution is 6.30. The zero-order valence-electron chi connectivity index (χ0n) is 21.9. The Bertz CT molecular complexity index is 1500. The number of benzene rings is 3. The average molecular weight is 563 g/mol. The molecule has 1 atom stereocenters. The van der Waals surface area contributed by atoms with Gasteiger partial charge in [0.15, 0.2) is 0 Å². The number of piperazine rings is 1. The number of nitrogens with zero attached hydrogens (tertiary/aromatic N) is 4. The fraction of sp³-hybridized carbons (Fsp3) is 0.267. The van der Waals surface area contributed by atoms with Gasteiger partial charge in [0, 0.05) is 48.9 Å². The Morgan fingerprint density at radius 3 is 2.38 bits per heavy atom. The van der Waals surface area contributed by atoms with E-state index in [9.17, 15) is 14.7 Å². The van der Waals surface area contributed by atoms with Crippen molar-refractivity contribution in [2.24, 2.45) is 5.92 Å². The molecule has 4 aromatic rings. The van der Waals surface area contributed by atoms with Gasteiger partial charge in [0.2, 0.25) is 11.7 Å². The first-order chi connectivity index (χ1) is 19.3. The summed E-state index contributed by atoms with van der Waals surface area (Å²) >= 11 is 5.97. The van der Waals surface area contributed by atoms with Crippen molar-refractivity contribution in [3.63, 3.8) is 0 Å². The average Bonchev–Trinajstić information content (AvgIpc) is 3.43. The standard InChI is InChI=1S/C30H28ClFN4O4/c1-19-2-5-21(6-3-19)29-33-28(34-40-29)25-11-4-20(17-26(25)32)16-22(30(38)39)18-27(37)36-14-12-35(13-15-36)24-9-7-23(31)8-10-24/h2-11,17,22H,12-16,18H2,1H3,(H,38,39). The van der Waals surface area contributed by atoms with Crippen LogP contribution in [0.1, 0.15) is 17.5 Å². The summed E-state index contributed by atoms with van der Waals surface area (Å²) in [5, 5.41) is 14.4. The molecule has 40 heavy (non-hydrogen) atoms. The van der Waals surface area contributed by atoms with E-state index < -0.39 is 17.7 Å². The number of carbonyl (C=O) groups is 2. The molecule has 0 spiro atoms. The third-order valence-electron chi connectivity index (χ3n) is 7.08. The van der Waals surface area contributed by atoms with Crippen LogP contribution in [0.3, 0.4) is 0 Å². The molecule has 1 fully saturated rings. The molecular weight excluding hydrogens is 535 g/mol. The van der Waals surface area contributed by atoms with E-state index in [1.165, 1.54) is 12.1 Å². The Balaban J connectivity index is 1.20. The number of carbonyl (C=O) groups excluding carboxylic acids is 1. The number of rotatable bonds is 8. The molecule has 8 nitrogen and oxygen atoms in total. The van der Waals surface area contributed by atoms with Crippen molar-refractivity contribution in [2.75, 3.05) is 31.1 Å². The smallest absolute Gasteiger partial charge is 0.307 e. The highest BCUT2D eigenvalue weighted by atomic mass is 35.5. The first-order valence-electron chi connectivity index (χ1n) is 13.0. The van der Waals surface area contributed by atoms with Gasteiger partial charge in [-0.15, -0.1) is 0 Å². The lowest BCUT2D eigenvalue weighted by Crippen LogP contribution is -2.49. The van der Waals surface area contributed by atoms with Crippen LogP contribution in [0.5, 0.6) is 0 Å². The van der Waals surface area contributed by atoms with Crippen LogP contribution in [0.25, 0.3) is 22.8 Å². The van der Waals surface area contributed by atoms with Crippen LogP contribution < -0.4 is 4.90 Å². The number of carboxylic acids is 1. The van der Waals surface area contributed by atoms with Gasteiger partial charge < -0.3 is 19.4 Å². The molecule has 0 radical (unpaired) electrons. The summed E-state index contributed by atoms with van der Waals surface area (Å²) in [5.74, 6) is -2.53. The molecule has 1 amide bonds. The van der Waals surface area contributed by atoms with Gasteiger partial charge in [-0.3, -0.25) is 9.59 Å². The minimum atomic E-state index is -1.10. The van der Waals surface area contributed by atoms with E-state index in [4.69, 9.17) is 16.1 Å². The highest BCUT2D eigenvalue weighted by Gasteiger charge is 2.28. The topological polar surface area (TPSA) is 99.8 Å². The second-order valence-electron chi connectivity index (χ2n) is 9.89. The monoisotopic (exact) mass is 562 g/mol. The minimum absolute atomic E-state index is 0.0177. The summed E-state index contributed by atoms with van der Waals surface area (Å²) in [5.41, 5.74) is 3.45. The van der Waals surface area contributed by atoms with Crippen molar-refractivity contribution in [3.05, 3.63) is 88.7 Å². The van der Waals surface area contributed by atoms with E-state index in [1.807, 2.05) is 55.5 Å². The number of hydrogen-bond donors (Lipinski definition) is 1. The summed E-state index contributed by atoms with van der Waals surface area (Å²) < 4.78 is 20.4. The molecule has 10 heteroatoms. The number of hydrogen-bond acceptors (Lipinski definition) is 6. The molecule has 1 aliphatic rings. The molecule has 5 rings (SSSR count). The summed E-state index contributed by atoms with van der Waals surface area (Å²) in [6.45, 7) is 4.23. The molecule has 0 aliphatic carbocycles. The van der Waals surface area contributed by atoms with Crippen LogP contribution in [-0.4, -0.2) is 58.2 Å². The van der Waals surface area contributed by atoms with Gasteiger partial charge in [0.25, 0.3) is 5.89 Å². The molecule has 206 valence electrons. The summed E-state index contributed by atoms with van der Waals surface area (Å²) in [7, 11) is 0. The van der Waals surface area contributed by atoms with Crippen molar-refractivity contribution in [3.8, 4) is 22.8 Å². The lowest BCUT2D eigenvalue weighted by Gasteiger charge is -2.36. The molecule has 3 aromatic carbocycles. The number of carboxylic acid groups (broad SMARTS) is 1. The predicted octanol–water partition coefficient (Wildman–Crippen LogP) is 5.49. The normalized spacial score (nSPS) is 14.3. The zero-order chi connectivity index (χ0) is 28.2. The number of aromatic nitrogens is 2. The van der Waals surface area contributed by atoms with Crippen LogP contribution in [-0.2, 0) is 16.0 Å². The second-order valence-corrected chi connectivity index (χ2v) is 10.3. The van der Waals surface area contributed by atoms with Crippen LogP contribution in [0.2, 0.25) is 5.02 Å². The molecule has 0 saturated carbocycles. The lowest BCUT2D eigenvalue weighted by atomic mass is 9.94. The number of anilines is 1. The van der Waals surface area contributed by atoms with Crippen molar-refractivity contribution in [2.45, 2.75) is 19.8 Å². The van der Waals surface area contributed by atoms with E-state index in [2.05, 4.69) is 15.0 Å². The number of halogens is 2. The predicted molar refractivity (Wildman–Crippen MR) is 150 cm³/mol. The molecular formula is C30H28ClFN4O4. The molecule has 2 heterocycles. The quantitative estimate of drug-likeness (QED) is 0.303. The maximum absolute atomic E-state index is 15.0. The van der Waals surface area contributed by atoms with Gasteiger partial charge in [0.1, 0.15) is 5.82 Å². The fourth-order valence-electron chi connectivity index (χ4n) is 4.75. The van der Waals surface area contributed by atoms with E-state index >= 15 is 4.39 Å². The number of amides is 1. The summed E-state index contributed by atoms with van der Waals surface area (Å²) in [4.78, 5) is 33.1.